The minimum atomic E-state index is -3.65. The van der Waals surface area contributed by atoms with Crippen LogP contribution >= 0.6 is 24.8 Å². The Morgan fingerprint density at radius 3 is 2.50 bits per heavy atom. The van der Waals surface area contributed by atoms with E-state index < -0.39 is 10.0 Å². The molecule has 1 aromatic carbocycles. The summed E-state index contributed by atoms with van der Waals surface area (Å²) in [7, 11) is -3.65. The largest absolute Gasteiger partial charge is 0.257 e. The van der Waals surface area contributed by atoms with Crippen molar-refractivity contribution < 1.29 is 8.42 Å². The molecule has 0 spiro atoms. The van der Waals surface area contributed by atoms with Crippen LogP contribution in [0.1, 0.15) is 5.56 Å². The van der Waals surface area contributed by atoms with Gasteiger partial charge in [0.25, 0.3) is 10.0 Å². The standard InChI is InChI=1S/C10H11N3O2S.2ClH/c1-7-4-5-9(16(14,15)13-11)8-3-2-6-12-10(7)8;;/h2-6,13H,11H2,1H3;2*1H. The predicted molar refractivity (Wildman–Crippen MR) is 75.5 cm³/mol. The third-order valence-electron chi connectivity index (χ3n) is 2.38. The fraction of sp³-hybridized carbons (Fsp3) is 0.100. The first kappa shape index (κ1) is 17.1. The maximum atomic E-state index is 11.7. The Kier molecular flexibility index (Phi) is 5.98. The Balaban J connectivity index is 0.00000144. The zero-order valence-corrected chi connectivity index (χ0v) is 11.9. The number of rotatable bonds is 2. The van der Waals surface area contributed by atoms with E-state index in [2.05, 4.69) is 4.98 Å². The molecule has 0 bridgehead atoms. The van der Waals surface area contributed by atoms with Gasteiger partial charge in [-0.15, -0.1) is 24.8 Å². The molecule has 2 aromatic rings. The van der Waals surface area contributed by atoms with Crippen molar-refractivity contribution in [1.29, 1.82) is 0 Å². The van der Waals surface area contributed by atoms with E-state index in [4.69, 9.17) is 5.84 Å². The first-order valence-corrected chi connectivity index (χ1v) is 6.11. The second kappa shape index (κ2) is 6.31. The molecule has 0 aliphatic rings. The van der Waals surface area contributed by atoms with Crippen LogP contribution in [0.2, 0.25) is 0 Å². The minimum absolute atomic E-state index is 0. The number of halogens is 2. The highest BCUT2D eigenvalue weighted by atomic mass is 35.5. The van der Waals surface area contributed by atoms with Gasteiger partial charge in [0.15, 0.2) is 0 Å². The SMILES string of the molecule is Cc1ccc(S(=O)(=O)NN)c2cccnc12.Cl.Cl. The van der Waals surface area contributed by atoms with Crippen molar-refractivity contribution in [3.05, 3.63) is 36.0 Å². The number of aryl methyl sites for hydroxylation is 1. The minimum Gasteiger partial charge on any atom is -0.257 e. The number of pyridine rings is 1. The lowest BCUT2D eigenvalue weighted by molar-refractivity contribution is 0.585. The molecule has 0 atom stereocenters. The Bertz CT molecular complexity index is 647. The van der Waals surface area contributed by atoms with Gasteiger partial charge in [0, 0.05) is 11.6 Å². The highest BCUT2D eigenvalue weighted by molar-refractivity contribution is 7.89. The molecule has 0 saturated carbocycles. The second-order valence-electron chi connectivity index (χ2n) is 3.40. The van der Waals surface area contributed by atoms with Crippen molar-refractivity contribution in [2.24, 2.45) is 5.84 Å². The summed E-state index contributed by atoms with van der Waals surface area (Å²) < 4.78 is 23.3. The summed E-state index contributed by atoms with van der Waals surface area (Å²) in [6, 6.07) is 6.63. The van der Waals surface area contributed by atoms with Gasteiger partial charge in [0.2, 0.25) is 0 Å². The zero-order valence-electron chi connectivity index (χ0n) is 9.45. The molecule has 5 nitrogen and oxygen atoms in total. The fourth-order valence-electron chi connectivity index (χ4n) is 1.59. The topological polar surface area (TPSA) is 85.1 Å². The number of nitrogens with two attached hydrogens (primary N) is 1. The number of sulfonamides is 1. The van der Waals surface area contributed by atoms with Crippen LogP contribution in [0.5, 0.6) is 0 Å². The van der Waals surface area contributed by atoms with Gasteiger partial charge in [-0.25, -0.2) is 8.42 Å². The Labute approximate surface area is 118 Å². The maximum absolute atomic E-state index is 11.7. The number of hydrogen-bond acceptors (Lipinski definition) is 4. The highest BCUT2D eigenvalue weighted by Crippen LogP contribution is 2.23. The maximum Gasteiger partial charge on any atom is 0.253 e. The molecule has 1 heterocycles. The first-order valence-electron chi connectivity index (χ1n) is 4.63. The van der Waals surface area contributed by atoms with E-state index in [9.17, 15) is 8.42 Å². The van der Waals surface area contributed by atoms with Crippen LogP contribution in [0.25, 0.3) is 10.9 Å². The third-order valence-corrected chi connectivity index (χ3v) is 3.62. The van der Waals surface area contributed by atoms with Crippen LogP contribution in [0.4, 0.5) is 0 Å². The van der Waals surface area contributed by atoms with E-state index in [0.29, 0.717) is 10.9 Å². The van der Waals surface area contributed by atoms with Gasteiger partial charge in [0.1, 0.15) is 0 Å². The summed E-state index contributed by atoms with van der Waals surface area (Å²) in [5, 5.41) is 0.570. The first-order chi connectivity index (χ1) is 7.56. The third kappa shape index (κ3) is 2.90. The van der Waals surface area contributed by atoms with E-state index >= 15 is 0 Å². The lowest BCUT2D eigenvalue weighted by atomic mass is 10.1. The van der Waals surface area contributed by atoms with Crippen LogP contribution in [0, 0.1) is 6.92 Å². The summed E-state index contributed by atoms with van der Waals surface area (Å²) in [6.07, 6.45) is 1.63. The summed E-state index contributed by atoms with van der Waals surface area (Å²) in [4.78, 5) is 6.11. The molecule has 100 valence electrons. The van der Waals surface area contributed by atoms with Crippen molar-refractivity contribution >= 4 is 45.7 Å². The number of nitrogens with zero attached hydrogens (tertiary/aromatic N) is 1. The number of nitrogens with one attached hydrogen (secondary N) is 1. The van der Waals surface area contributed by atoms with Gasteiger partial charge >= 0.3 is 0 Å². The van der Waals surface area contributed by atoms with Crippen molar-refractivity contribution in [3.63, 3.8) is 0 Å². The van der Waals surface area contributed by atoms with Crippen LogP contribution in [0.15, 0.2) is 35.4 Å². The van der Waals surface area contributed by atoms with Gasteiger partial charge in [0.05, 0.1) is 10.4 Å². The van der Waals surface area contributed by atoms with E-state index in [1.54, 1.807) is 24.4 Å². The highest BCUT2D eigenvalue weighted by Gasteiger charge is 2.16. The molecule has 1 aromatic heterocycles. The molecule has 0 aliphatic heterocycles. The van der Waals surface area contributed by atoms with Crippen molar-refractivity contribution in [2.75, 3.05) is 0 Å². The lowest BCUT2D eigenvalue weighted by Gasteiger charge is -2.07. The van der Waals surface area contributed by atoms with Crippen molar-refractivity contribution in [2.45, 2.75) is 11.8 Å². The molecule has 0 unspecified atom stereocenters. The smallest absolute Gasteiger partial charge is 0.253 e. The Hall–Kier alpha value is -0.920. The van der Waals surface area contributed by atoms with E-state index in [1.807, 2.05) is 11.8 Å². The molecule has 0 saturated heterocycles. The Morgan fingerprint density at radius 2 is 1.89 bits per heavy atom. The zero-order chi connectivity index (χ0) is 11.8. The molecule has 0 amide bonds. The molecule has 0 radical (unpaired) electrons. The second-order valence-corrected chi connectivity index (χ2v) is 5.08. The molecule has 0 aliphatic carbocycles. The molecule has 3 N–H and O–H groups in total. The van der Waals surface area contributed by atoms with Gasteiger partial charge in [-0.2, -0.15) is 4.83 Å². The Morgan fingerprint density at radius 1 is 1.22 bits per heavy atom. The molecule has 8 heteroatoms. The van der Waals surface area contributed by atoms with Crippen LogP contribution in [0.3, 0.4) is 0 Å². The van der Waals surface area contributed by atoms with Gasteiger partial charge in [-0.05, 0) is 30.7 Å². The van der Waals surface area contributed by atoms with Crippen LogP contribution in [-0.2, 0) is 10.0 Å². The summed E-state index contributed by atoms with van der Waals surface area (Å²) in [5.41, 5.74) is 1.59. The molecule has 18 heavy (non-hydrogen) atoms. The van der Waals surface area contributed by atoms with Crippen molar-refractivity contribution in [3.8, 4) is 0 Å². The van der Waals surface area contributed by atoms with Crippen LogP contribution < -0.4 is 10.7 Å². The number of hydrogen-bond donors (Lipinski definition) is 2. The summed E-state index contributed by atoms with van der Waals surface area (Å²) in [5.74, 6) is 5.01. The fourth-order valence-corrected chi connectivity index (χ4v) is 2.41. The molecular formula is C10H13Cl2N3O2S. The quantitative estimate of drug-likeness (QED) is 0.651. The number of aromatic nitrogens is 1. The summed E-state index contributed by atoms with van der Waals surface area (Å²) in [6.45, 7) is 1.88. The van der Waals surface area contributed by atoms with E-state index in [1.165, 1.54) is 6.07 Å². The average molecular weight is 310 g/mol. The summed E-state index contributed by atoms with van der Waals surface area (Å²) >= 11 is 0. The van der Waals surface area contributed by atoms with E-state index in [-0.39, 0.29) is 29.7 Å². The number of fused-ring (bicyclic) bond motifs is 1. The van der Waals surface area contributed by atoms with Gasteiger partial charge in [-0.1, -0.05) is 6.07 Å². The van der Waals surface area contributed by atoms with Crippen LogP contribution in [-0.4, -0.2) is 13.4 Å². The molecular weight excluding hydrogens is 297 g/mol. The lowest BCUT2D eigenvalue weighted by Crippen LogP contribution is -2.30. The predicted octanol–water partition coefficient (Wildman–Crippen LogP) is 1.54. The monoisotopic (exact) mass is 309 g/mol. The number of hydrazine groups is 1. The van der Waals surface area contributed by atoms with E-state index in [0.717, 1.165) is 5.56 Å². The molecule has 0 fully saturated rings. The van der Waals surface area contributed by atoms with Gasteiger partial charge in [-0.3, -0.25) is 10.8 Å². The average Bonchev–Trinajstić information content (AvgIpc) is 2.29. The molecule has 2 rings (SSSR count). The number of benzene rings is 1. The normalized spacial score (nSPS) is 10.6. The van der Waals surface area contributed by atoms with Crippen molar-refractivity contribution in [1.82, 2.24) is 9.82 Å². The van der Waals surface area contributed by atoms with Gasteiger partial charge < -0.3 is 0 Å².